The average molecular weight is 186 g/mol. The van der Waals surface area contributed by atoms with Crippen molar-refractivity contribution in [3.05, 3.63) is 0 Å². The fraction of sp³-hybridized carbons (Fsp3) is 0.778. The van der Waals surface area contributed by atoms with Crippen molar-refractivity contribution in [1.82, 2.24) is 10.2 Å². The molecule has 0 bridgehead atoms. The summed E-state index contributed by atoms with van der Waals surface area (Å²) in [5.41, 5.74) is 0. The van der Waals surface area contributed by atoms with Gasteiger partial charge in [0.05, 0.1) is 0 Å². The number of carbonyl (C=O) groups excluding carboxylic acids is 2. The lowest BCUT2D eigenvalue weighted by molar-refractivity contribution is -0.132. The zero-order chi connectivity index (χ0) is 10.4. The van der Waals surface area contributed by atoms with Crippen molar-refractivity contribution in [1.29, 1.82) is 0 Å². The quantitative estimate of drug-likeness (QED) is 0.625. The molecule has 76 valence electrons. The molecule has 0 aromatic rings. The molecule has 4 heteroatoms. The second-order valence-electron chi connectivity index (χ2n) is 3.53. The van der Waals surface area contributed by atoms with Crippen molar-refractivity contribution in [2.24, 2.45) is 5.92 Å². The molecular weight excluding hydrogens is 168 g/mol. The predicted octanol–water partition coefficient (Wildman–Crippen LogP) is 0.235. The summed E-state index contributed by atoms with van der Waals surface area (Å²) in [5.74, 6) is 0.285. The molecular formula is C9H18N2O2. The van der Waals surface area contributed by atoms with Gasteiger partial charge < -0.3 is 10.2 Å². The minimum absolute atomic E-state index is 0.108. The number of rotatable bonds is 5. The van der Waals surface area contributed by atoms with Crippen LogP contribution in [0.2, 0.25) is 0 Å². The predicted molar refractivity (Wildman–Crippen MR) is 51.1 cm³/mol. The normalized spacial score (nSPS) is 12.4. The minimum Gasteiger partial charge on any atom is -0.357 e. The zero-order valence-corrected chi connectivity index (χ0v) is 8.70. The Morgan fingerprint density at radius 3 is 2.38 bits per heavy atom. The Morgan fingerprint density at radius 2 is 2.08 bits per heavy atom. The molecule has 1 atom stereocenters. The van der Waals surface area contributed by atoms with Crippen LogP contribution >= 0.6 is 0 Å². The van der Waals surface area contributed by atoms with Crippen molar-refractivity contribution in [2.45, 2.75) is 26.3 Å². The van der Waals surface area contributed by atoms with Gasteiger partial charge in [-0.2, -0.15) is 0 Å². The number of nitrogens with zero attached hydrogens (tertiary/aromatic N) is 1. The lowest BCUT2D eigenvalue weighted by Crippen LogP contribution is -2.44. The van der Waals surface area contributed by atoms with Gasteiger partial charge >= 0.3 is 0 Å². The third kappa shape index (κ3) is 3.92. The fourth-order valence-corrected chi connectivity index (χ4v) is 1.14. The smallest absolute Gasteiger partial charge is 0.242 e. The maximum Gasteiger partial charge on any atom is 0.242 e. The van der Waals surface area contributed by atoms with Gasteiger partial charge in [0.1, 0.15) is 6.04 Å². The highest BCUT2D eigenvalue weighted by Gasteiger charge is 2.21. The van der Waals surface area contributed by atoms with Gasteiger partial charge in [-0.1, -0.05) is 13.8 Å². The van der Waals surface area contributed by atoms with Crippen LogP contribution in [0.3, 0.4) is 0 Å². The van der Waals surface area contributed by atoms with E-state index in [0.29, 0.717) is 18.7 Å². The third-order valence-electron chi connectivity index (χ3n) is 1.90. The Hall–Kier alpha value is -1.06. The molecule has 13 heavy (non-hydrogen) atoms. The number of hydrogen-bond donors (Lipinski definition) is 1. The Kier molecular flexibility index (Phi) is 5.11. The van der Waals surface area contributed by atoms with Gasteiger partial charge in [0.15, 0.2) is 0 Å². The van der Waals surface area contributed by atoms with Gasteiger partial charge in [0.25, 0.3) is 0 Å². The number of likely N-dealkylation sites (N-methyl/N-ethyl adjacent to an activating group) is 2. The van der Waals surface area contributed by atoms with Crippen LogP contribution in [-0.2, 0) is 9.59 Å². The molecule has 0 unspecified atom stereocenters. The summed E-state index contributed by atoms with van der Waals surface area (Å²) >= 11 is 0. The first kappa shape index (κ1) is 11.9. The van der Waals surface area contributed by atoms with Gasteiger partial charge in [-0.3, -0.25) is 9.59 Å². The summed E-state index contributed by atoms with van der Waals surface area (Å²) in [6.07, 6.45) is 1.37. The molecule has 0 aliphatic carbocycles. The van der Waals surface area contributed by atoms with Gasteiger partial charge in [-0.15, -0.1) is 0 Å². The van der Waals surface area contributed by atoms with Crippen LogP contribution in [0.5, 0.6) is 0 Å². The standard InChI is InChI=1S/C9H18N2O2/c1-7(2)5-8(9(13)10-3)11(4)6-12/h6-8H,5H2,1-4H3,(H,10,13)/t8-/m0/s1. The zero-order valence-electron chi connectivity index (χ0n) is 8.70. The lowest BCUT2D eigenvalue weighted by Gasteiger charge is -2.24. The summed E-state index contributed by atoms with van der Waals surface area (Å²) in [6.45, 7) is 4.04. The van der Waals surface area contributed by atoms with Crippen LogP contribution in [0.25, 0.3) is 0 Å². The first-order chi connectivity index (χ1) is 6.02. The molecule has 0 spiro atoms. The Labute approximate surface area is 79.3 Å². The van der Waals surface area contributed by atoms with E-state index in [4.69, 9.17) is 0 Å². The van der Waals surface area contributed by atoms with Gasteiger partial charge in [-0.25, -0.2) is 0 Å². The van der Waals surface area contributed by atoms with Crippen molar-refractivity contribution in [3.63, 3.8) is 0 Å². The van der Waals surface area contributed by atoms with Crippen LogP contribution in [0.15, 0.2) is 0 Å². The largest absolute Gasteiger partial charge is 0.357 e. The molecule has 0 radical (unpaired) electrons. The summed E-state index contributed by atoms with van der Waals surface area (Å²) in [6, 6.07) is -0.345. The molecule has 0 aliphatic rings. The number of carbonyl (C=O) groups is 2. The van der Waals surface area contributed by atoms with E-state index >= 15 is 0 Å². The third-order valence-corrected chi connectivity index (χ3v) is 1.90. The molecule has 0 aliphatic heterocycles. The van der Waals surface area contributed by atoms with Crippen LogP contribution in [0.1, 0.15) is 20.3 Å². The molecule has 0 aromatic heterocycles. The summed E-state index contributed by atoms with van der Waals surface area (Å²) in [7, 11) is 3.20. The average Bonchev–Trinajstić information content (AvgIpc) is 2.11. The van der Waals surface area contributed by atoms with Crippen molar-refractivity contribution in [3.8, 4) is 0 Å². The van der Waals surface area contributed by atoms with Gasteiger partial charge in [-0.05, 0) is 12.3 Å². The van der Waals surface area contributed by atoms with Crippen molar-refractivity contribution >= 4 is 12.3 Å². The second-order valence-corrected chi connectivity index (χ2v) is 3.53. The first-order valence-electron chi connectivity index (χ1n) is 4.41. The summed E-state index contributed by atoms with van der Waals surface area (Å²) < 4.78 is 0. The van der Waals surface area contributed by atoms with E-state index in [-0.39, 0.29) is 11.9 Å². The van der Waals surface area contributed by atoms with Crippen LogP contribution in [0, 0.1) is 5.92 Å². The molecule has 0 fully saturated rings. The molecule has 1 N–H and O–H groups in total. The van der Waals surface area contributed by atoms with Gasteiger partial charge in [0.2, 0.25) is 12.3 Å². The fourth-order valence-electron chi connectivity index (χ4n) is 1.14. The summed E-state index contributed by atoms with van der Waals surface area (Å²) in [5, 5.41) is 2.55. The lowest BCUT2D eigenvalue weighted by atomic mass is 10.0. The van der Waals surface area contributed by atoms with E-state index in [1.807, 2.05) is 13.8 Å². The van der Waals surface area contributed by atoms with E-state index in [2.05, 4.69) is 5.32 Å². The Bertz CT molecular complexity index is 180. The van der Waals surface area contributed by atoms with E-state index in [1.165, 1.54) is 4.90 Å². The van der Waals surface area contributed by atoms with Crippen LogP contribution < -0.4 is 5.32 Å². The van der Waals surface area contributed by atoms with E-state index < -0.39 is 0 Å². The Balaban J connectivity index is 4.35. The molecule has 0 heterocycles. The highest BCUT2D eigenvalue weighted by Crippen LogP contribution is 2.08. The topological polar surface area (TPSA) is 49.4 Å². The number of amides is 2. The van der Waals surface area contributed by atoms with Crippen LogP contribution in [-0.4, -0.2) is 37.4 Å². The molecule has 2 amide bonds. The maximum atomic E-state index is 11.3. The van der Waals surface area contributed by atoms with Crippen molar-refractivity contribution in [2.75, 3.05) is 14.1 Å². The molecule has 0 saturated carbocycles. The first-order valence-corrected chi connectivity index (χ1v) is 4.41. The van der Waals surface area contributed by atoms with Crippen LogP contribution in [0.4, 0.5) is 0 Å². The van der Waals surface area contributed by atoms with Gasteiger partial charge in [0, 0.05) is 14.1 Å². The number of hydrogen-bond acceptors (Lipinski definition) is 2. The molecule has 0 rings (SSSR count). The highest BCUT2D eigenvalue weighted by atomic mass is 16.2. The maximum absolute atomic E-state index is 11.3. The minimum atomic E-state index is -0.345. The number of nitrogens with one attached hydrogen (secondary N) is 1. The second kappa shape index (κ2) is 5.56. The highest BCUT2D eigenvalue weighted by molar-refractivity contribution is 5.83. The van der Waals surface area contributed by atoms with E-state index in [0.717, 1.165) is 0 Å². The molecule has 0 saturated heterocycles. The van der Waals surface area contributed by atoms with E-state index in [1.54, 1.807) is 14.1 Å². The Morgan fingerprint density at radius 1 is 1.54 bits per heavy atom. The van der Waals surface area contributed by atoms with E-state index in [9.17, 15) is 9.59 Å². The van der Waals surface area contributed by atoms with Crippen molar-refractivity contribution < 1.29 is 9.59 Å². The molecule has 4 nitrogen and oxygen atoms in total. The monoisotopic (exact) mass is 186 g/mol. The molecule has 0 aromatic carbocycles. The SMILES string of the molecule is CNC(=O)[C@H](CC(C)C)N(C)C=O. The summed E-state index contributed by atoms with van der Waals surface area (Å²) in [4.78, 5) is 23.2.